The second kappa shape index (κ2) is 6.70. The van der Waals surface area contributed by atoms with Crippen LogP contribution in [0.15, 0.2) is 46.3 Å². The van der Waals surface area contributed by atoms with Crippen molar-refractivity contribution in [2.75, 3.05) is 5.75 Å². The fourth-order valence-corrected chi connectivity index (χ4v) is 5.14. The summed E-state index contributed by atoms with van der Waals surface area (Å²) in [5.41, 5.74) is 6.18. The predicted molar refractivity (Wildman–Crippen MR) is 116 cm³/mol. The number of hydrogen-bond acceptors (Lipinski definition) is 3. The van der Waals surface area contributed by atoms with Crippen LogP contribution in [0.2, 0.25) is 0 Å². The smallest absolute Gasteiger partial charge is 0.137 e. The van der Waals surface area contributed by atoms with E-state index in [1.807, 2.05) is 11.8 Å². The van der Waals surface area contributed by atoms with Gasteiger partial charge in [-0.1, -0.05) is 37.3 Å². The van der Waals surface area contributed by atoms with Gasteiger partial charge in [-0.25, -0.2) is 0 Å². The van der Waals surface area contributed by atoms with Crippen LogP contribution in [0.25, 0.3) is 0 Å². The van der Waals surface area contributed by atoms with Gasteiger partial charge in [-0.15, -0.1) is 11.8 Å². The lowest BCUT2D eigenvalue weighted by atomic mass is 9.81. The van der Waals surface area contributed by atoms with Crippen LogP contribution in [-0.2, 0) is 12.8 Å². The molecule has 0 saturated heterocycles. The van der Waals surface area contributed by atoms with Gasteiger partial charge in [0.25, 0.3) is 0 Å². The van der Waals surface area contributed by atoms with Gasteiger partial charge in [0.15, 0.2) is 0 Å². The maximum absolute atomic E-state index is 6.45. The van der Waals surface area contributed by atoms with Crippen molar-refractivity contribution in [2.24, 2.45) is 4.99 Å². The molecular weight excluding hydrogens is 350 g/mol. The third kappa shape index (κ3) is 3.54. The Labute approximate surface area is 167 Å². The third-order valence-electron chi connectivity index (χ3n) is 5.19. The molecule has 0 aromatic heterocycles. The second-order valence-corrected chi connectivity index (χ2v) is 10.1. The zero-order valence-corrected chi connectivity index (χ0v) is 17.9. The Morgan fingerprint density at radius 3 is 2.52 bits per heavy atom. The summed E-state index contributed by atoms with van der Waals surface area (Å²) in [7, 11) is 0. The molecule has 2 aromatic carbocycles. The van der Waals surface area contributed by atoms with Crippen molar-refractivity contribution in [2.45, 2.75) is 69.9 Å². The molecule has 0 saturated carbocycles. The largest absolute Gasteiger partial charge is 0.486 e. The molecule has 0 unspecified atom stereocenters. The molecule has 4 rings (SSSR count). The minimum atomic E-state index is -0.159. The van der Waals surface area contributed by atoms with Gasteiger partial charge in [-0.2, -0.15) is 0 Å². The van der Waals surface area contributed by atoms with E-state index >= 15 is 0 Å². The minimum absolute atomic E-state index is 0.0892. The van der Waals surface area contributed by atoms with E-state index in [9.17, 15) is 0 Å². The minimum Gasteiger partial charge on any atom is -0.486 e. The SMILES string of the molecule is CCCSc1cc2c(c3c1OC(C)(C)C3)C(c1ccccc1)=NC(C)(C)C2. The molecule has 0 N–H and O–H groups in total. The monoisotopic (exact) mass is 379 g/mol. The number of aliphatic imine (C=N–C) groups is 1. The molecule has 2 aromatic rings. The first-order valence-electron chi connectivity index (χ1n) is 9.96. The molecule has 0 fully saturated rings. The van der Waals surface area contributed by atoms with E-state index in [2.05, 4.69) is 71.0 Å². The van der Waals surface area contributed by atoms with Gasteiger partial charge >= 0.3 is 0 Å². The van der Waals surface area contributed by atoms with Crippen LogP contribution in [-0.4, -0.2) is 22.6 Å². The maximum atomic E-state index is 6.45. The van der Waals surface area contributed by atoms with Crippen molar-refractivity contribution >= 4 is 17.5 Å². The highest BCUT2D eigenvalue weighted by Crippen LogP contribution is 2.47. The molecule has 0 bridgehead atoms. The van der Waals surface area contributed by atoms with Crippen LogP contribution in [0.3, 0.4) is 0 Å². The average molecular weight is 380 g/mol. The number of benzene rings is 2. The molecule has 0 radical (unpaired) electrons. The normalized spacial score (nSPS) is 19.1. The van der Waals surface area contributed by atoms with Gasteiger partial charge in [0.05, 0.1) is 16.1 Å². The molecule has 2 aliphatic heterocycles. The maximum Gasteiger partial charge on any atom is 0.137 e. The average Bonchev–Trinajstić information content (AvgIpc) is 2.94. The Hall–Kier alpha value is -1.74. The van der Waals surface area contributed by atoms with Crippen molar-refractivity contribution < 1.29 is 4.74 Å². The number of rotatable bonds is 4. The molecular formula is C24H29NOS. The summed E-state index contributed by atoms with van der Waals surface area (Å²) in [5, 5.41) is 0. The van der Waals surface area contributed by atoms with Crippen LogP contribution in [0, 0.1) is 0 Å². The summed E-state index contributed by atoms with van der Waals surface area (Å²) >= 11 is 1.93. The molecule has 27 heavy (non-hydrogen) atoms. The summed E-state index contributed by atoms with van der Waals surface area (Å²) in [6.07, 6.45) is 3.09. The first kappa shape index (κ1) is 18.6. The van der Waals surface area contributed by atoms with Gasteiger partial charge in [0.2, 0.25) is 0 Å². The van der Waals surface area contributed by atoms with Gasteiger partial charge in [-0.3, -0.25) is 4.99 Å². The van der Waals surface area contributed by atoms with Gasteiger partial charge < -0.3 is 4.74 Å². The van der Waals surface area contributed by atoms with E-state index in [1.54, 1.807) is 0 Å². The van der Waals surface area contributed by atoms with Crippen LogP contribution >= 0.6 is 11.8 Å². The summed E-state index contributed by atoms with van der Waals surface area (Å²) in [6.45, 7) is 11.1. The molecule has 0 aliphatic carbocycles. The Balaban J connectivity index is 1.94. The van der Waals surface area contributed by atoms with E-state index in [1.165, 1.54) is 33.6 Å². The first-order chi connectivity index (χ1) is 12.8. The Kier molecular flexibility index (Phi) is 4.62. The quantitative estimate of drug-likeness (QED) is 0.601. The highest BCUT2D eigenvalue weighted by Gasteiger charge is 2.39. The lowest BCUT2D eigenvalue weighted by molar-refractivity contribution is 0.135. The highest BCUT2D eigenvalue weighted by atomic mass is 32.2. The standard InChI is InChI=1S/C24H29NOS/c1-6-12-27-19-13-17-14-23(2,3)25-21(16-10-8-7-9-11-16)20(17)18-15-24(4,5)26-22(18)19/h7-11,13H,6,12,14-15H2,1-5H3. The summed E-state index contributed by atoms with van der Waals surface area (Å²) < 4.78 is 6.45. The second-order valence-electron chi connectivity index (χ2n) is 8.92. The zero-order chi connectivity index (χ0) is 19.2. The predicted octanol–water partition coefficient (Wildman–Crippen LogP) is 6.07. The van der Waals surface area contributed by atoms with Gasteiger partial charge in [0.1, 0.15) is 11.4 Å². The number of thioether (sulfide) groups is 1. The molecule has 2 aliphatic rings. The lowest BCUT2D eigenvalue weighted by Gasteiger charge is -2.31. The molecule has 0 atom stereocenters. The Bertz CT molecular complexity index is 896. The summed E-state index contributed by atoms with van der Waals surface area (Å²) in [5.74, 6) is 2.22. The van der Waals surface area contributed by atoms with Crippen LogP contribution in [0.4, 0.5) is 0 Å². The molecule has 2 heterocycles. The van der Waals surface area contributed by atoms with E-state index in [0.29, 0.717) is 0 Å². The van der Waals surface area contributed by atoms with E-state index in [4.69, 9.17) is 9.73 Å². The molecule has 3 heteroatoms. The molecule has 2 nitrogen and oxygen atoms in total. The van der Waals surface area contributed by atoms with Crippen molar-refractivity contribution in [1.29, 1.82) is 0 Å². The molecule has 142 valence electrons. The topological polar surface area (TPSA) is 21.6 Å². The first-order valence-corrected chi connectivity index (χ1v) is 10.9. The molecule has 0 spiro atoms. The van der Waals surface area contributed by atoms with Crippen LogP contribution < -0.4 is 4.74 Å². The Morgan fingerprint density at radius 2 is 1.81 bits per heavy atom. The molecule has 0 amide bonds. The number of nitrogens with zero attached hydrogens (tertiary/aromatic N) is 1. The van der Waals surface area contributed by atoms with Crippen molar-refractivity contribution in [1.82, 2.24) is 0 Å². The van der Waals surface area contributed by atoms with Gasteiger partial charge in [0, 0.05) is 23.1 Å². The number of ether oxygens (including phenoxy) is 1. The third-order valence-corrected chi connectivity index (χ3v) is 6.42. The highest BCUT2D eigenvalue weighted by molar-refractivity contribution is 7.99. The van der Waals surface area contributed by atoms with Crippen molar-refractivity contribution in [3.8, 4) is 5.75 Å². The van der Waals surface area contributed by atoms with Crippen molar-refractivity contribution in [3.05, 3.63) is 58.7 Å². The Morgan fingerprint density at radius 1 is 1.07 bits per heavy atom. The van der Waals surface area contributed by atoms with Gasteiger partial charge in [-0.05, 0) is 57.9 Å². The fourth-order valence-electron chi connectivity index (χ4n) is 4.19. The van der Waals surface area contributed by atoms with Crippen LogP contribution in [0.1, 0.15) is 63.3 Å². The lowest BCUT2D eigenvalue weighted by Crippen LogP contribution is -2.30. The number of fused-ring (bicyclic) bond motifs is 3. The van der Waals surface area contributed by atoms with E-state index < -0.39 is 0 Å². The number of hydrogen-bond donors (Lipinski definition) is 0. The van der Waals surface area contributed by atoms with Crippen molar-refractivity contribution in [3.63, 3.8) is 0 Å². The zero-order valence-electron chi connectivity index (χ0n) is 17.1. The fraction of sp³-hybridized carbons (Fsp3) is 0.458. The summed E-state index contributed by atoms with van der Waals surface area (Å²) in [4.78, 5) is 6.50. The van der Waals surface area contributed by atoms with E-state index in [0.717, 1.165) is 30.1 Å². The summed E-state index contributed by atoms with van der Waals surface area (Å²) in [6, 6.07) is 13.0. The van der Waals surface area contributed by atoms with E-state index in [-0.39, 0.29) is 11.1 Å². The van der Waals surface area contributed by atoms with Crippen LogP contribution in [0.5, 0.6) is 5.75 Å².